The second-order valence-corrected chi connectivity index (χ2v) is 4.31. The first-order valence-electron chi connectivity index (χ1n) is 5.50. The number of ether oxygens (including phenoxy) is 1. The van der Waals surface area contributed by atoms with Gasteiger partial charge in [0.15, 0.2) is 10.4 Å². The van der Waals surface area contributed by atoms with E-state index in [0.29, 0.717) is 17.9 Å². The second-order valence-electron chi connectivity index (χ2n) is 3.92. The minimum absolute atomic E-state index is 0.0812. The first kappa shape index (κ1) is 12.7. The van der Waals surface area contributed by atoms with Crippen molar-refractivity contribution < 1.29 is 9.53 Å². The average Bonchev–Trinajstić information content (AvgIpc) is 2.60. The molecule has 1 amide bonds. The van der Waals surface area contributed by atoms with Crippen molar-refractivity contribution in [2.45, 2.75) is 13.5 Å². The number of fused-ring (bicyclic) bond motifs is 1. The molecular weight excluding hydrogens is 252 g/mol. The van der Waals surface area contributed by atoms with Crippen LogP contribution in [-0.4, -0.2) is 33.7 Å². The number of rotatable bonds is 5. The van der Waals surface area contributed by atoms with Gasteiger partial charge in [-0.1, -0.05) is 0 Å². The van der Waals surface area contributed by atoms with Gasteiger partial charge in [-0.2, -0.15) is 0 Å². The Balaban J connectivity index is 2.17. The van der Waals surface area contributed by atoms with Crippen LogP contribution in [0.15, 0.2) is 12.1 Å². The van der Waals surface area contributed by atoms with Crippen LogP contribution in [0.2, 0.25) is 0 Å². The zero-order valence-corrected chi connectivity index (χ0v) is 10.8. The van der Waals surface area contributed by atoms with Crippen LogP contribution in [0.3, 0.4) is 0 Å². The van der Waals surface area contributed by atoms with Gasteiger partial charge in [-0.25, -0.2) is 4.98 Å². The highest BCUT2D eigenvalue weighted by Gasteiger charge is 2.06. The van der Waals surface area contributed by atoms with E-state index in [9.17, 15) is 4.79 Å². The molecule has 3 N–H and O–H groups in total. The Kier molecular flexibility index (Phi) is 3.73. The highest BCUT2D eigenvalue weighted by atomic mass is 32.1. The summed E-state index contributed by atoms with van der Waals surface area (Å²) in [5.41, 5.74) is 7.59. The average molecular weight is 266 g/mol. The van der Waals surface area contributed by atoms with E-state index in [4.69, 9.17) is 22.7 Å². The maximum atomic E-state index is 10.5. The van der Waals surface area contributed by atoms with Gasteiger partial charge in [0, 0.05) is 5.69 Å². The van der Waals surface area contributed by atoms with Gasteiger partial charge in [0.05, 0.1) is 18.7 Å². The molecule has 0 aromatic carbocycles. The van der Waals surface area contributed by atoms with Gasteiger partial charge in [0.25, 0.3) is 0 Å². The van der Waals surface area contributed by atoms with Crippen LogP contribution in [0, 0.1) is 11.7 Å². The third-order valence-electron chi connectivity index (χ3n) is 2.46. The van der Waals surface area contributed by atoms with Crippen LogP contribution in [0.5, 0.6) is 0 Å². The lowest BCUT2D eigenvalue weighted by atomic mass is 10.3. The maximum absolute atomic E-state index is 10.5. The number of aromatic nitrogens is 3. The summed E-state index contributed by atoms with van der Waals surface area (Å²) < 4.78 is 7.55. The van der Waals surface area contributed by atoms with Gasteiger partial charge < -0.3 is 15.5 Å². The zero-order chi connectivity index (χ0) is 13.1. The van der Waals surface area contributed by atoms with Crippen molar-refractivity contribution in [3.8, 4) is 0 Å². The molecule has 0 saturated heterocycles. The highest BCUT2D eigenvalue weighted by molar-refractivity contribution is 7.71. The molecule has 2 aromatic heterocycles. The Morgan fingerprint density at radius 3 is 3.11 bits per heavy atom. The molecule has 0 aliphatic heterocycles. The summed E-state index contributed by atoms with van der Waals surface area (Å²) in [6, 6.07) is 3.86. The van der Waals surface area contributed by atoms with Crippen molar-refractivity contribution in [2.24, 2.45) is 5.73 Å². The van der Waals surface area contributed by atoms with Crippen LogP contribution in [0.4, 0.5) is 0 Å². The molecule has 0 spiro atoms. The molecule has 0 radical (unpaired) electrons. The third-order valence-corrected chi connectivity index (χ3v) is 2.78. The number of carbonyl (C=O) groups is 1. The quantitative estimate of drug-likeness (QED) is 0.622. The summed E-state index contributed by atoms with van der Waals surface area (Å²) in [7, 11) is 0. The van der Waals surface area contributed by atoms with E-state index in [0.717, 1.165) is 16.9 Å². The van der Waals surface area contributed by atoms with Crippen molar-refractivity contribution >= 4 is 29.3 Å². The number of aromatic amines is 1. The molecule has 2 heterocycles. The number of nitrogens with two attached hydrogens (primary N) is 1. The van der Waals surface area contributed by atoms with E-state index >= 15 is 0 Å². The van der Waals surface area contributed by atoms with Gasteiger partial charge in [-0.3, -0.25) is 9.36 Å². The van der Waals surface area contributed by atoms with Crippen molar-refractivity contribution in [3.05, 3.63) is 22.6 Å². The van der Waals surface area contributed by atoms with Crippen molar-refractivity contribution in [1.29, 1.82) is 0 Å². The standard InChI is InChI=1S/C11H14N4O2S/c1-7-2-3-8-10(13-7)15(11(18)14-8)4-5-17-6-9(12)16/h2-3H,4-6H2,1H3,(H2,12,16)(H,14,18). The Morgan fingerprint density at radius 2 is 2.39 bits per heavy atom. The number of nitrogens with one attached hydrogen (secondary N) is 1. The number of hydrogen-bond acceptors (Lipinski definition) is 4. The number of pyridine rings is 1. The van der Waals surface area contributed by atoms with Gasteiger partial charge in [-0.15, -0.1) is 0 Å². The van der Waals surface area contributed by atoms with Crippen LogP contribution >= 0.6 is 12.2 Å². The number of H-pyrrole nitrogens is 1. The number of amides is 1. The predicted octanol–water partition coefficient (Wildman–Crippen LogP) is 0.904. The van der Waals surface area contributed by atoms with E-state index in [-0.39, 0.29) is 6.61 Å². The van der Waals surface area contributed by atoms with Crippen molar-refractivity contribution in [1.82, 2.24) is 14.5 Å². The summed E-state index contributed by atoms with van der Waals surface area (Å²) >= 11 is 5.22. The van der Waals surface area contributed by atoms with E-state index in [1.807, 2.05) is 23.6 Å². The second kappa shape index (κ2) is 5.28. The molecule has 0 atom stereocenters. The number of imidazole rings is 1. The van der Waals surface area contributed by atoms with Crippen LogP contribution in [0.25, 0.3) is 11.2 Å². The Labute approximate surface area is 109 Å². The Hall–Kier alpha value is -1.73. The van der Waals surface area contributed by atoms with E-state index < -0.39 is 5.91 Å². The molecule has 6 nitrogen and oxygen atoms in total. The summed E-state index contributed by atoms with van der Waals surface area (Å²) in [5, 5.41) is 0. The van der Waals surface area contributed by atoms with Gasteiger partial charge in [0.1, 0.15) is 6.61 Å². The fourth-order valence-corrected chi connectivity index (χ4v) is 1.95. The number of carbonyl (C=O) groups excluding carboxylic acids is 1. The molecule has 0 unspecified atom stereocenters. The molecule has 0 aliphatic carbocycles. The molecule has 96 valence electrons. The first-order chi connectivity index (χ1) is 8.58. The number of hydrogen-bond donors (Lipinski definition) is 2. The largest absolute Gasteiger partial charge is 0.370 e. The fourth-order valence-electron chi connectivity index (χ4n) is 1.66. The number of aryl methyl sites for hydroxylation is 1. The smallest absolute Gasteiger partial charge is 0.243 e. The Bertz CT molecular complexity index is 631. The van der Waals surface area contributed by atoms with Crippen LogP contribution in [0.1, 0.15) is 5.69 Å². The van der Waals surface area contributed by atoms with Crippen LogP contribution in [-0.2, 0) is 16.1 Å². The zero-order valence-electron chi connectivity index (χ0n) is 9.97. The van der Waals surface area contributed by atoms with Gasteiger partial charge >= 0.3 is 0 Å². The molecule has 7 heteroatoms. The monoisotopic (exact) mass is 266 g/mol. The summed E-state index contributed by atoms with van der Waals surface area (Å²) in [6.07, 6.45) is 0. The SMILES string of the molecule is Cc1ccc2[nH]c(=S)n(CCOCC(N)=O)c2n1. The van der Waals surface area contributed by atoms with E-state index in [1.54, 1.807) is 0 Å². The van der Waals surface area contributed by atoms with E-state index in [1.165, 1.54) is 0 Å². The lowest BCUT2D eigenvalue weighted by molar-refractivity contribution is -0.122. The highest BCUT2D eigenvalue weighted by Crippen LogP contribution is 2.12. The Morgan fingerprint density at radius 1 is 1.61 bits per heavy atom. The molecular formula is C11H14N4O2S. The van der Waals surface area contributed by atoms with Crippen molar-refractivity contribution in [2.75, 3.05) is 13.2 Å². The lowest BCUT2D eigenvalue weighted by Crippen LogP contribution is -2.19. The van der Waals surface area contributed by atoms with Gasteiger partial charge in [0.2, 0.25) is 5.91 Å². The minimum atomic E-state index is -0.480. The first-order valence-corrected chi connectivity index (χ1v) is 5.91. The topological polar surface area (TPSA) is 85.9 Å². The molecule has 0 fully saturated rings. The molecule has 0 saturated carbocycles. The number of nitrogens with zero attached hydrogens (tertiary/aromatic N) is 2. The lowest BCUT2D eigenvalue weighted by Gasteiger charge is -2.04. The molecule has 2 aromatic rings. The fraction of sp³-hybridized carbons (Fsp3) is 0.364. The molecule has 18 heavy (non-hydrogen) atoms. The third kappa shape index (κ3) is 2.74. The molecule has 0 aliphatic rings. The normalized spacial score (nSPS) is 10.9. The molecule has 0 bridgehead atoms. The molecule has 2 rings (SSSR count). The number of primary amides is 1. The summed E-state index contributed by atoms with van der Waals surface area (Å²) in [6.45, 7) is 2.73. The summed E-state index contributed by atoms with van der Waals surface area (Å²) in [4.78, 5) is 18.0. The maximum Gasteiger partial charge on any atom is 0.243 e. The van der Waals surface area contributed by atoms with Crippen molar-refractivity contribution in [3.63, 3.8) is 0 Å². The van der Waals surface area contributed by atoms with Gasteiger partial charge in [-0.05, 0) is 31.3 Å². The van der Waals surface area contributed by atoms with Crippen LogP contribution < -0.4 is 5.73 Å². The summed E-state index contributed by atoms with van der Waals surface area (Å²) in [5.74, 6) is -0.480. The van der Waals surface area contributed by atoms with E-state index in [2.05, 4.69) is 9.97 Å². The minimum Gasteiger partial charge on any atom is -0.370 e. The predicted molar refractivity (Wildman–Crippen MR) is 69.7 cm³/mol.